The average molecular weight is 353 g/mol. The molecule has 2 heterocycles. The predicted molar refractivity (Wildman–Crippen MR) is 91.8 cm³/mol. The highest BCUT2D eigenvalue weighted by molar-refractivity contribution is 5.92. The van der Waals surface area contributed by atoms with Crippen LogP contribution in [0.25, 0.3) is 0 Å². The van der Waals surface area contributed by atoms with Gasteiger partial charge in [-0.25, -0.2) is 4.68 Å². The van der Waals surface area contributed by atoms with Crippen LogP contribution in [0.15, 0.2) is 54.9 Å². The Morgan fingerprint density at radius 1 is 1.31 bits per heavy atom. The van der Waals surface area contributed by atoms with Crippen molar-refractivity contribution < 1.29 is 14.5 Å². The van der Waals surface area contributed by atoms with Crippen molar-refractivity contribution in [3.05, 3.63) is 76.2 Å². The SMILES string of the molecule is Cn1nc(C(=O)NCc2cccnc2)cc1Oc1ccccc1[N+](=O)[O-]. The lowest BCUT2D eigenvalue weighted by Crippen LogP contribution is -2.23. The van der Waals surface area contributed by atoms with Gasteiger partial charge in [0.25, 0.3) is 5.91 Å². The van der Waals surface area contributed by atoms with Crippen LogP contribution >= 0.6 is 0 Å². The summed E-state index contributed by atoms with van der Waals surface area (Å²) in [5.74, 6) is -0.101. The standard InChI is InChI=1S/C17H15N5O4/c1-21-16(26-15-7-3-2-6-14(15)22(24)25)9-13(20-21)17(23)19-11-12-5-4-8-18-10-12/h2-10H,11H2,1H3,(H,19,23). The number of ether oxygens (including phenoxy) is 1. The molecule has 0 fully saturated rings. The first-order chi connectivity index (χ1) is 12.5. The van der Waals surface area contributed by atoms with Crippen molar-refractivity contribution in [2.24, 2.45) is 7.05 Å². The summed E-state index contributed by atoms with van der Waals surface area (Å²) < 4.78 is 6.91. The Bertz CT molecular complexity index is 939. The van der Waals surface area contributed by atoms with Crippen LogP contribution < -0.4 is 10.1 Å². The molecule has 0 radical (unpaired) electrons. The van der Waals surface area contributed by atoms with Crippen molar-refractivity contribution in [2.75, 3.05) is 0 Å². The number of carbonyl (C=O) groups is 1. The van der Waals surface area contributed by atoms with Gasteiger partial charge in [0.05, 0.1) is 4.92 Å². The maximum Gasteiger partial charge on any atom is 0.311 e. The largest absolute Gasteiger partial charge is 0.432 e. The molecule has 26 heavy (non-hydrogen) atoms. The molecule has 0 aliphatic carbocycles. The summed E-state index contributed by atoms with van der Waals surface area (Å²) in [5.41, 5.74) is 0.828. The third-order valence-electron chi connectivity index (χ3n) is 3.52. The minimum absolute atomic E-state index is 0.0721. The lowest BCUT2D eigenvalue weighted by molar-refractivity contribution is -0.385. The number of hydrogen-bond donors (Lipinski definition) is 1. The van der Waals surface area contributed by atoms with Gasteiger partial charge in [0.2, 0.25) is 11.6 Å². The molecular formula is C17H15N5O4. The van der Waals surface area contributed by atoms with Crippen molar-refractivity contribution in [1.82, 2.24) is 20.1 Å². The Balaban J connectivity index is 1.73. The molecule has 0 bridgehead atoms. The highest BCUT2D eigenvalue weighted by atomic mass is 16.6. The smallest absolute Gasteiger partial charge is 0.311 e. The van der Waals surface area contributed by atoms with Gasteiger partial charge in [-0.2, -0.15) is 5.10 Å². The summed E-state index contributed by atoms with van der Waals surface area (Å²) in [6.45, 7) is 0.309. The lowest BCUT2D eigenvalue weighted by atomic mass is 10.3. The van der Waals surface area contributed by atoms with E-state index in [0.717, 1.165) is 5.56 Å². The Labute approximate surface area is 148 Å². The molecular weight excluding hydrogens is 338 g/mol. The molecule has 0 saturated heterocycles. The predicted octanol–water partition coefficient (Wildman–Crippen LogP) is 2.45. The molecule has 0 atom stereocenters. The van der Waals surface area contributed by atoms with Gasteiger partial charge in [-0.1, -0.05) is 18.2 Å². The number of carbonyl (C=O) groups excluding carboxylic acids is 1. The summed E-state index contributed by atoms with van der Waals surface area (Å²) in [6, 6.07) is 11.0. The molecule has 2 aromatic heterocycles. The highest BCUT2D eigenvalue weighted by Crippen LogP contribution is 2.30. The van der Waals surface area contributed by atoms with E-state index in [4.69, 9.17) is 4.74 Å². The van der Waals surface area contributed by atoms with E-state index in [-0.39, 0.29) is 28.9 Å². The Hall–Kier alpha value is -3.75. The van der Waals surface area contributed by atoms with Crippen LogP contribution in [-0.2, 0) is 13.6 Å². The fourth-order valence-corrected chi connectivity index (χ4v) is 2.24. The van der Waals surface area contributed by atoms with Crippen molar-refractivity contribution in [3.63, 3.8) is 0 Å². The van der Waals surface area contributed by atoms with Crippen molar-refractivity contribution in [3.8, 4) is 11.6 Å². The molecule has 9 nitrogen and oxygen atoms in total. The Kier molecular flexibility index (Phi) is 4.88. The third-order valence-corrected chi connectivity index (χ3v) is 3.52. The number of amides is 1. The molecule has 0 spiro atoms. The summed E-state index contributed by atoms with van der Waals surface area (Å²) in [5, 5.41) is 17.9. The number of benzene rings is 1. The second kappa shape index (κ2) is 7.43. The van der Waals surface area contributed by atoms with Crippen LogP contribution in [-0.4, -0.2) is 25.6 Å². The molecule has 3 rings (SSSR count). The van der Waals surface area contributed by atoms with Gasteiger partial charge in [-0.15, -0.1) is 0 Å². The van der Waals surface area contributed by atoms with Gasteiger partial charge in [-0.3, -0.25) is 19.9 Å². The number of aryl methyl sites for hydroxylation is 1. The molecule has 0 aliphatic rings. The zero-order chi connectivity index (χ0) is 18.5. The van der Waals surface area contributed by atoms with E-state index in [2.05, 4.69) is 15.4 Å². The van der Waals surface area contributed by atoms with Crippen LogP contribution in [0.2, 0.25) is 0 Å². The summed E-state index contributed by atoms with van der Waals surface area (Å²) in [4.78, 5) is 26.7. The first-order valence-corrected chi connectivity index (χ1v) is 7.67. The number of aromatic nitrogens is 3. The molecule has 3 aromatic rings. The molecule has 1 amide bonds. The van der Waals surface area contributed by atoms with Gasteiger partial charge in [0.15, 0.2) is 5.69 Å². The van der Waals surface area contributed by atoms with Gasteiger partial charge < -0.3 is 10.1 Å². The van der Waals surface area contributed by atoms with E-state index in [0.29, 0.717) is 6.54 Å². The maximum atomic E-state index is 12.2. The number of pyridine rings is 1. The van der Waals surface area contributed by atoms with E-state index in [1.54, 1.807) is 37.6 Å². The van der Waals surface area contributed by atoms with Crippen LogP contribution in [0.5, 0.6) is 11.6 Å². The second-order valence-corrected chi connectivity index (χ2v) is 5.36. The normalized spacial score (nSPS) is 10.3. The molecule has 0 saturated carbocycles. The number of nitro groups is 1. The number of rotatable bonds is 6. The minimum atomic E-state index is -0.535. The van der Waals surface area contributed by atoms with Crippen LogP contribution in [0, 0.1) is 10.1 Å². The average Bonchev–Trinajstić information content (AvgIpc) is 3.01. The van der Waals surface area contributed by atoms with Crippen molar-refractivity contribution in [2.45, 2.75) is 6.54 Å². The monoisotopic (exact) mass is 353 g/mol. The first-order valence-electron chi connectivity index (χ1n) is 7.67. The fourth-order valence-electron chi connectivity index (χ4n) is 2.24. The topological polar surface area (TPSA) is 112 Å². The van der Waals surface area contributed by atoms with Crippen molar-refractivity contribution in [1.29, 1.82) is 0 Å². The number of nitrogens with one attached hydrogen (secondary N) is 1. The zero-order valence-electron chi connectivity index (χ0n) is 13.8. The summed E-state index contributed by atoms with van der Waals surface area (Å²) in [6.07, 6.45) is 3.30. The molecule has 132 valence electrons. The lowest BCUT2D eigenvalue weighted by Gasteiger charge is -2.05. The van der Waals surface area contributed by atoms with Crippen LogP contribution in [0.4, 0.5) is 5.69 Å². The van der Waals surface area contributed by atoms with E-state index >= 15 is 0 Å². The Morgan fingerprint density at radius 2 is 2.12 bits per heavy atom. The van der Waals surface area contributed by atoms with E-state index in [1.807, 2.05) is 6.07 Å². The molecule has 0 unspecified atom stereocenters. The maximum absolute atomic E-state index is 12.2. The number of hydrogen-bond acceptors (Lipinski definition) is 6. The van der Waals surface area contributed by atoms with Gasteiger partial charge in [0.1, 0.15) is 0 Å². The highest BCUT2D eigenvalue weighted by Gasteiger charge is 2.18. The second-order valence-electron chi connectivity index (χ2n) is 5.36. The van der Waals surface area contributed by atoms with Gasteiger partial charge >= 0.3 is 5.69 Å². The zero-order valence-corrected chi connectivity index (χ0v) is 13.8. The summed E-state index contributed by atoms with van der Waals surface area (Å²) in [7, 11) is 1.59. The number of nitro benzene ring substituents is 1. The molecule has 1 aromatic carbocycles. The van der Waals surface area contributed by atoms with Gasteiger partial charge in [0, 0.05) is 38.1 Å². The molecule has 1 N–H and O–H groups in total. The molecule has 9 heteroatoms. The number of nitrogens with zero attached hydrogens (tertiary/aromatic N) is 4. The quantitative estimate of drug-likeness (QED) is 0.538. The van der Waals surface area contributed by atoms with Crippen LogP contribution in [0.3, 0.4) is 0 Å². The van der Waals surface area contributed by atoms with E-state index in [9.17, 15) is 14.9 Å². The first kappa shape index (κ1) is 17.1. The fraction of sp³-hybridized carbons (Fsp3) is 0.118. The minimum Gasteiger partial charge on any atom is -0.432 e. The third kappa shape index (κ3) is 3.83. The van der Waals surface area contributed by atoms with Crippen molar-refractivity contribution >= 4 is 11.6 Å². The van der Waals surface area contributed by atoms with E-state index in [1.165, 1.54) is 22.9 Å². The number of para-hydroxylation sites is 2. The Morgan fingerprint density at radius 3 is 2.85 bits per heavy atom. The van der Waals surface area contributed by atoms with Gasteiger partial charge in [-0.05, 0) is 17.7 Å². The molecule has 0 aliphatic heterocycles. The van der Waals surface area contributed by atoms with Crippen LogP contribution in [0.1, 0.15) is 16.1 Å². The summed E-state index contributed by atoms with van der Waals surface area (Å²) >= 11 is 0. The van der Waals surface area contributed by atoms with E-state index < -0.39 is 4.92 Å².